The molecular formula is C26H28ClN3O3. The summed E-state index contributed by atoms with van der Waals surface area (Å²) in [5.74, 6) is 0.199. The molecule has 4 rings (SSSR count). The Kier molecular flexibility index (Phi) is 8.46. The number of carbonyl (C=O) groups is 2. The van der Waals surface area contributed by atoms with Gasteiger partial charge in [-0.05, 0) is 35.2 Å². The molecule has 33 heavy (non-hydrogen) atoms. The third-order valence-electron chi connectivity index (χ3n) is 5.65. The van der Waals surface area contributed by atoms with E-state index in [-0.39, 0.29) is 30.3 Å². The van der Waals surface area contributed by atoms with Crippen LogP contribution >= 0.6 is 12.4 Å². The minimum atomic E-state index is -0.713. The second-order valence-corrected chi connectivity index (χ2v) is 7.88. The molecule has 0 saturated heterocycles. The molecular weight excluding hydrogens is 438 g/mol. The van der Waals surface area contributed by atoms with Gasteiger partial charge >= 0.3 is 0 Å². The Hall–Kier alpha value is -3.35. The molecule has 0 radical (unpaired) electrons. The molecule has 3 N–H and O–H groups in total. The quantitative estimate of drug-likeness (QED) is 0.499. The Morgan fingerprint density at radius 2 is 1.73 bits per heavy atom. The molecule has 0 fully saturated rings. The molecule has 1 aliphatic rings. The van der Waals surface area contributed by atoms with E-state index in [0.29, 0.717) is 30.8 Å². The zero-order chi connectivity index (χ0) is 22.3. The number of anilines is 1. The van der Waals surface area contributed by atoms with E-state index in [1.807, 2.05) is 60.7 Å². The highest BCUT2D eigenvalue weighted by Crippen LogP contribution is 2.18. The van der Waals surface area contributed by atoms with Crippen LogP contribution < -0.4 is 20.7 Å². The first-order valence-electron chi connectivity index (χ1n) is 10.7. The van der Waals surface area contributed by atoms with Crippen LogP contribution in [0.15, 0.2) is 78.9 Å². The van der Waals surface area contributed by atoms with Crippen molar-refractivity contribution in [2.75, 3.05) is 12.4 Å². The summed E-state index contributed by atoms with van der Waals surface area (Å²) in [6.45, 7) is 0.633. The monoisotopic (exact) mass is 465 g/mol. The number of rotatable bonds is 7. The molecule has 172 valence electrons. The number of hydrogen-bond donors (Lipinski definition) is 3. The smallest absolute Gasteiger partial charge is 0.247 e. The highest BCUT2D eigenvalue weighted by molar-refractivity contribution is 5.98. The first-order chi connectivity index (χ1) is 15.6. The summed E-state index contributed by atoms with van der Waals surface area (Å²) >= 11 is 0. The molecule has 2 atom stereocenters. The topological polar surface area (TPSA) is 79.5 Å². The van der Waals surface area contributed by atoms with Gasteiger partial charge in [0.1, 0.15) is 11.8 Å². The lowest BCUT2D eigenvalue weighted by molar-refractivity contribution is -0.128. The van der Waals surface area contributed by atoms with Gasteiger partial charge in [-0.2, -0.15) is 0 Å². The Morgan fingerprint density at radius 1 is 1.00 bits per heavy atom. The Balaban J connectivity index is 0.00000306. The van der Waals surface area contributed by atoms with Gasteiger partial charge in [-0.25, -0.2) is 0 Å². The number of halogens is 1. The molecule has 1 aliphatic heterocycles. The van der Waals surface area contributed by atoms with Crippen molar-refractivity contribution >= 4 is 29.9 Å². The van der Waals surface area contributed by atoms with Crippen LogP contribution in [0.2, 0.25) is 0 Å². The molecule has 3 aromatic carbocycles. The van der Waals surface area contributed by atoms with Crippen molar-refractivity contribution in [1.82, 2.24) is 10.6 Å². The highest BCUT2D eigenvalue weighted by Gasteiger charge is 2.28. The molecule has 1 heterocycles. The third-order valence-corrected chi connectivity index (χ3v) is 5.65. The first kappa shape index (κ1) is 24.3. The van der Waals surface area contributed by atoms with E-state index in [2.05, 4.69) is 22.0 Å². The van der Waals surface area contributed by atoms with E-state index in [1.165, 1.54) is 5.56 Å². The summed E-state index contributed by atoms with van der Waals surface area (Å²) in [6, 6.07) is 23.8. The van der Waals surface area contributed by atoms with Crippen LogP contribution in [-0.4, -0.2) is 31.0 Å². The van der Waals surface area contributed by atoms with E-state index in [1.54, 1.807) is 19.2 Å². The summed E-state index contributed by atoms with van der Waals surface area (Å²) < 4.78 is 5.24. The fraction of sp³-hybridized carbons (Fsp3) is 0.231. The molecule has 0 saturated carbocycles. The molecule has 2 amide bonds. The lowest BCUT2D eigenvalue weighted by Crippen LogP contribution is -2.53. The Bertz CT molecular complexity index is 1090. The summed E-state index contributed by atoms with van der Waals surface area (Å²) in [5.41, 5.74) is 3.95. The van der Waals surface area contributed by atoms with Gasteiger partial charge in [-0.15, -0.1) is 12.4 Å². The fourth-order valence-corrected chi connectivity index (χ4v) is 3.90. The molecule has 0 unspecified atom stereocenters. The van der Waals surface area contributed by atoms with Crippen molar-refractivity contribution in [2.45, 2.75) is 31.5 Å². The summed E-state index contributed by atoms with van der Waals surface area (Å²) in [6.07, 6.45) is 0.989. The number of benzene rings is 3. The van der Waals surface area contributed by atoms with Gasteiger partial charge in [-0.1, -0.05) is 60.7 Å². The van der Waals surface area contributed by atoms with Crippen LogP contribution in [0.5, 0.6) is 5.75 Å². The highest BCUT2D eigenvalue weighted by atomic mass is 35.5. The molecule has 0 aromatic heterocycles. The van der Waals surface area contributed by atoms with Crippen molar-refractivity contribution in [3.05, 3.63) is 95.6 Å². The van der Waals surface area contributed by atoms with Crippen LogP contribution in [0.4, 0.5) is 5.69 Å². The van der Waals surface area contributed by atoms with E-state index >= 15 is 0 Å². The first-order valence-corrected chi connectivity index (χ1v) is 10.7. The Labute approximate surface area is 200 Å². The zero-order valence-electron chi connectivity index (χ0n) is 18.4. The zero-order valence-corrected chi connectivity index (χ0v) is 19.2. The van der Waals surface area contributed by atoms with Crippen LogP contribution in [0.3, 0.4) is 0 Å². The van der Waals surface area contributed by atoms with Crippen LogP contribution in [-0.2, 0) is 29.0 Å². The maximum absolute atomic E-state index is 13.1. The van der Waals surface area contributed by atoms with E-state index in [9.17, 15) is 9.59 Å². The van der Waals surface area contributed by atoms with E-state index in [0.717, 1.165) is 11.1 Å². The average molecular weight is 466 g/mol. The van der Waals surface area contributed by atoms with Gasteiger partial charge in [0.05, 0.1) is 13.2 Å². The molecule has 0 bridgehead atoms. The lowest BCUT2D eigenvalue weighted by atomic mass is 9.95. The maximum Gasteiger partial charge on any atom is 0.247 e. The lowest BCUT2D eigenvalue weighted by Gasteiger charge is -2.27. The minimum Gasteiger partial charge on any atom is -0.497 e. The van der Waals surface area contributed by atoms with Gasteiger partial charge < -0.3 is 20.7 Å². The van der Waals surface area contributed by atoms with Crippen molar-refractivity contribution in [2.24, 2.45) is 0 Å². The number of ether oxygens (including phenoxy) is 1. The summed E-state index contributed by atoms with van der Waals surface area (Å²) in [7, 11) is 1.58. The van der Waals surface area contributed by atoms with Crippen molar-refractivity contribution in [1.29, 1.82) is 0 Å². The number of amides is 2. The standard InChI is InChI=1S/C26H27N3O3.ClH/c1-32-22-13-7-12-21(16-22)28-26(31)24(14-18-8-3-2-4-9-18)29-25(30)23-15-19-10-5-6-11-20(19)17-27-23;/h2-13,16,23-24,27H,14-15,17H2,1H3,(H,28,31)(H,29,30);1H/t23-,24-;/m0./s1. The number of fused-ring (bicyclic) bond motifs is 1. The number of methoxy groups -OCH3 is 1. The number of carbonyl (C=O) groups excluding carboxylic acids is 2. The van der Waals surface area contributed by atoms with Gasteiger partial charge in [0.25, 0.3) is 0 Å². The van der Waals surface area contributed by atoms with Gasteiger partial charge in [0.15, 0.2) is 0 Å². The predicted octanol–water partition coefficient (Wildman–Crippen LogP) is 3.50. The predicted molar refractivity (Wildman–Crippen MR) is 132 cm³/mol. The molecule has 7 heteroatoms. The minimum absolute atomic E-state index is 0. The summed E-state index contributed by atoms with van der Waals surface area (Å²) in [4.78, 5) is 26.2. The maximum atomic E-state index is 13.1. The molecule has 0 spiro atoms. The van der Waals surface area contributed by atoms with E-state index < -0.39 is 6.04 Å². The van der Waals surface area contributed by atoms with E-state index in [4.69, 9.17) is 4.74 Å². The molecule has 0 aliphatic carbocycles. The Morgan fingerprint density at radius 3 is 2.48 bits per heavy atom. The summed E-state index contributed by atoms with van der Waals surface area (Å²) in [5, 5.41) is 9.16. The average Bonchev–Trinajstić information content (AvgIpc) is 2.84. The molecule has 6 nitrogen and oxygen atoms in total. The third kappa shape index (κ3) is 6.34. The van der Waals surface area contributed by atoms with Crippen LogP contribution in [0, 0.1) is 0 Å². The molecule has 3 aromatic rings. The fourth-order valence-electron chi connectivity index (χ4n) is 3.90. The van der Waals surface area contributed by atoms with Gasteiger partial charge in [-0.3, -0.25) is 9.59 Å². The number of nitrogens with one attached hydrogen (secondary N) is 3. The van der Waals surface area contributed by atoms with Crippen molar-refractivity contribution in [3.8, 4) is 5.75 Å². The van der Waals surface area contributed by atoms with Gasteiger partial charge in [0, 0.05) is 24.7 Å². The van der Waals surface area contributed by atoms with Crippen molar-refractivity contribution in [3.63, 3.8) is 0 Å². The number of hydrogen-bond acceptors (Lipinski definition) is 4. The largest absolute Gasteiger partial charge is 0.497 e. The van der Waals surface area contributed by atoms with Gasteiger partial charge in [0.2, 0.25) is 11.8 Å². The van der Waals surface area contributed by atoms with Crippen LogP contribution in [0.25, 0.3) is 0 Å². The SMILES string of the molecule is COc1cccc(NC(=O)[C@H](Cc2ccccc2)NC(=O)[C@@H]2Cc3ccccc3CN2)c1.Cl. The van der Waals surface area contributed by atoms with Crippen molar-refractivity contribution < 1.29 is 14.3 Å². The van der Waals surface area contributed by atoms with Crippen LogP contribution in [0.1, 0.15) is 16.7 Å². The normalized spacial score (nSPS) is 15.4. The second kappa shape index (κ2) is 11.5. The second-order valence-electron chi connectivity index (χ2n) is 7.88.